The number of aromatic hydroxyl groups is 1. The van der Waals surface area contributed by atoms with Crippen molar-refractivity contribution >= 4 is 28.9 Å². The molecule has 2 atom stereocenters. The van der Waals surface area contributed by atoms with Gasteiger partial charge in [0.25, 0.3) is 0 Å². The van der Waals surface area contributed by atoms with Crippen molar-refractivity contribution in [1.29, 1.82) is 0 Å². The molecule has 0 amide bonds. The van der Waals surface area contributed by atoms with Crippen molar-refractivity contribution < 1.29 is 27.1 Å². The quantitative estimate of drug-likeness (QED) is 0.135. The molecule has 2 unspecified atom stereocenters. The van der Waals surface area contributed by atoms with E-state index in [0.29, 0.717) is 29.5 Å². The number of phenolic OH excluding ortho intramolecular Hbond substituents is 1. The van der Waals surface area contributed by atoms with Crippen molar-refractivity contribution in [1.82, 2.24) is 10.2 Å². The number of thioether (sulfide) groups is 1. The van der Waals surface area contributed by atoms with Gasteiger partial charge in [-0.25, -0.2) is 22.0 Å². The summed E-state index contributed by atoms with van der Waals surface area (Å²) < 4.78 is 72.2. The van der Waals surface area contributed by atoms with Crippen LogP contribution in [0.5, 0.6) is 5.75 Å². The van der Waals surface area contributed by atoms with Crippen molar-refractivity contribution in [2.75, 3.05) is 12.8 Å². The number of benzene rings is 2. The fourth-order valence-corrected chi connectivity index (χ4v) is 5.85. The van der Waals surface area contributed by atoms with Crippen LogP contribution in [0.15, 0.2) is 76.0 Å². The average molecular weight is 619 g/mol. The molecule has 3 nitrogen and oxygen atoms in total. The minimum atomic E-state index is -1.53. The van der Waals surface area contributed by atoms with Gasteiger partial charge in [0.05, 0.1) is 16.5 Å². The number of halogens is 6. The lowest BCUT2D eigenvalue weighted by molar-refractivity contribution is 0.271. The predicted molar refractivity (Wildman–Crippen MR) is 158 cm³/mol. The van der Waals surface area contributed by atoms with Crippen molar-refractivity contribution in [3.05, 3.63) is 111 Å². The van der Waals surface area contributed by atoms with Gasteiger partial charge < -0.3 is 15.3 Å². The number of phenols is 1. The highest BCUT2D eigenvalue weighted by Crippen LogP contribution is 2.44. The third-order valence-corrected chi connectivity index (χ3v) is 8.31. The van der Waals surface area contributed by atoms with Crippen molar-refractivity contribution in [2.24, 2.45) is 0 Å². The van der Waals surface area contributed by atoms with E-state index in [4.69, 9.17) is 11.6 Å². The highest BCUT2D eigenvalue weighted by Gasteiger charge is 2.33. The zero-order valence-corrected chi connectivity index (χ0v) is 24.7. The Labute approximate surface area is 251 Å². The van der Waals surface area contributed by atoms with Gasteiger partial charge in [-0.05, 0) is 55.7 Å². The van der Waals surface area contributed by atoms with E-state index in [1.165, 1.54) is 24.5 Å². The number of rotatable bonds is 8. The van der Waals surface area contributed by atoms with E-state index in [-0.39, 0.29) is 28.8 Å². The zero-order valence-electron chi connectivity index (χ0n) is 23.1. The number of nitrogens with one attached hydrogen (secondary N) is 1. The van der Waals surface area contributed by atoms with Gasteiger partial charge in [0.2, 0.25) is 0 Å². The van der Waals surface area contributed by atoms with Gasteiger partial charge in [-0.1, -0.05) is 49.1 Å². The minimum Gasteiger partial charge on any atom is -0.507 e. The van der Waals surface area contributed by atoms with Crippen LogP contribution in [0.1, 0.15) is 37.8 Å². The van der Waals surface area contributed by atoms with Gasteiger partial charge in [-0.3, -0.25) is 0 Å². The third kappa shape index (κ3) is 5.70. The molecule has 1 aliphatic heterocycles. The lowest BCUT2D eigenvalue weighted by atomic mass is 9.83. The van der Waals surface area contributed by atoms with E-state index in [9.17, 15) is 27.1 Å². The van der Waals surface area contributed by atoms with Crippen LogP contribution in [0.2, 0.25) is 0 Å². The van der Waals surface area contributed by atoms with Crippen LogP contribution in [0.3, 0.4) is 0 Å². The number of hydrogen-bond acceptors (Lipinski definition) is 4. The van der Waals surface area contributed by atoms with Crippen LogP contribution in [-0.2, 0) is 0 Å². The predicted octanol–water partition coefficient (Wildman–Crippen LogP) is 8.17. The topological polar surface area (TPSA) is 35.5 Å². The van der Waals surface area contributed by atoms with Gasteiger partial charge in [0.1, 0.15) is 17.1 Å². The summed E-state index contributed by atoms with van der Waals surface area (Å²) >= 11 is 7.29. The van der Waals surface area contributed by atoms with Crippen LogP contribution in [0.4, 0.5) is 22.0 Å². The number of allylic oxidation sites excluding steroid dienone is 3. The lowest BCUT2D eigenvalue weighted by Gasteiger charge is -2.38. The molecule has 0 aromatic heterocycles. The molecule has 42 heavy (non-hydrogen) atoms. The van der Waals surface area contributed by atoms with Gasteiger partial charge >= 0.3 is 0 Å². The Morgan fingerprint density at radius 2 is 1.86 bits per heavy atom. The fourth-order valence-electron chi connectivity index (χ4n) is 4.99. The van der Waals surface area contributed by atoms with Crippen LogP contribution < -0.4 is 5.32 Å². The molecule has 10 heteroatoms. The van der Waals surface area contributed by atoms with Crippen LogP contribution in [0.25, 0.3) is 5.57 Å². The molecule has 0 spiro atoms. The van der Waals surface area contributed by atoms with Gasteiger partial charge in [-0.2, -0.15) is 0 Å². The summed E-state index contributed by atoms with van der Waals surface area (Å²) in [6.45, 7) is 8.22. The maximum atomic E-state index is 14.9. The smallest absolute Gasteiger partial charge is 0.178 e. The Morgan fingerprint density at radius 3 is 2.45 bits per heavy atom. The van der Waals surface area contributed by atoms with Crippen molar-refractivity contribution in [2.45, 2.75) is 43.7 Å². The fraction of sp³-hybridized carbons (Fsp3) is 0.250. The third-order valence-electron chi connectivity index (χ3n) is 7.24. The molecule has 4 rings (SSSR count). The summed E-state index contributed by atoms with van der Waals surface area (Å²) in [6.07, 6.45) is 9.03. The standard InChI is InChI=1S/C32H28ClF5N2OS/c1-5-17(3)40(15-8-7-10-19-27(35)29(37)32(42-4)30(38)28(19)36)23-13-14-39-31-18(6-2)25(21(33)16-20(23)31)26-22(34)11-9-12-24(26)41/h6,9,11-14,16-17,31,39,41H,2,5,8,15H2,1,3-4H3. The normalized spacial score (nSPS) is 16.8. The molecule has 2 aliphatic rings. The molecular formula is C32H28ClF5N2OS. The average Bonchev–Trinajstić information content (AvgIpc) is 2.97. The van der Waals surface area contributed by atoms with Crippen LogP contribution in [0, 0.1) is 40.9 Å². The van der Waals surface area contributed by atoms with E-state index in [2.05, 4.69) is 23.7 Å². The summed E-state index contributed by atoms with van der Waals surface area (Å²) in [4.78, 5) is 1.31. The van der Waals surface area contributed by atoms with Crippen LogP contribution >= 0.6 is 23.4 Å². The summed E-state index contributed by atoms with van der Waals surface area (Å²) in [5, 5.41) is 13.9. The lowest BCUT2D eigenvalue weighted by Crippen LogP contribution is -2.40. The first-order valence-corrected chi connectivity index (χ1v) is 14.7. The second-order valence-electron chi connectivity index (χ2n) is 9.60. The van der Waals surface area contributed by atoms with Crippen molar-refractivity contribution in [3.8, 4) is 17.6 Å². The first kappa shape index (κ1) is 31.3. The monoisotopic (exact) mass is 618 g/mol. The summed E-state index contributed by atoms with van der Waals surface area (Å²) in [5.74, 6) is -1.97. The molecule has 220 valence electrons. The molecule has 2 N–H and O–H groups in total. The van der Waals surface area contributed by atoms with E-state index in [1.807, 2.05) is 24.8 Å². The van der Waals surface area contributed by atoms with E-state index < -0.39 is 45.6 Å². The van der Waals surface area contributed by atoms with Gasteiger partial charge in [0.15, 0.2) is 23.3 Å². The molecule has 0 fully saturated rings. The first-order chi connectivity index (χ1) is 20.1. The zero-order chi connectivity index (χ0) is 30.7. The SMILES string of the molecule is C=CC1=C(c2c(O)cccc2F)C(Cl)=CC2=C(N(CCC#Cc3c(F)c(F)c(SC)c(F)c3F)C(C)CC)C=CNC12. The Kier molecular flexibility index (Phi) is 9.80. The molecule has 0 saturated carbocycles. The Balaban J connectivity index is 1.71. The maximum Gasteiger partial charge on any atom is 0.178 e. The van der Waals surface area contributed by atoms with Gasteiger partial charge in [0, 0.05) is 40.9 Å². The molecule has 2 aromatic carbocycles. The molecule has 1 heterocycles. The maximum absolute atomic E-state index is 14.9. The summed E-state index contributed by atoms with van der Waals surface area (Å²) in [6, 6.07) is 3.53. The Bertz CT molecular complexity index is 1570. The van der Waals surface area contributed by atoms with E-state index >= 15 is 0 Å². The minimum absolute atomic E-state index is 0.0118. The number of nitrogens with zero attached hydrogens (tertiary/aromatic N) is 1. The Morgan fingerprint density at radius 1 is 1.17 bits per heavy atom. The number of hydrogen-bond donors (Lipinski definition) is 2. The molecule has 0 radical (unpaired) electrons. The molecule has 1 aliphatic carbocycles. The van der Waals surface area contributed by atoms with Crippen molar-refractivity contribution in [3.63, 3.8) is 0 Å². The molecular weight excluding hydrogens is 591 g/mol. The molecule has 0 bridgehead atoms. The summed E-state index contributed by atoms with van der Waals surface area (Å²) in [5.41, 5.74) is 1.44. The van der Waals surface area contributed by atoms with E-state index in [0.717, 1.165) is 17.7 Å². The highest BCUT2D eigenvalue weighted by atomic mass is 35.5. The Hall–Kier alpha value is -3.61. The molecule has 0 saturated heterocycles. The number of fused-ring (bicyclic) bond motifs is 1. The second kappa shape index (κ2) is 13.1. The largest absolute Gasteiger partial charge is 0.507 e. The highest BCUT2D eigenvalue weighted by molar-refractivity contribution is 7.98. The molecule has 2 aromatic rings. The van der Waals surface area contributed by atoms with E-state index in [1.54, 1.807) is 18.4 Å². The first-order valence-electron chi connectivity index (χ1n) is 13.1. The van der Waals surface area contributed by atoms with Gasteiger partial charge in [-0.15, -0.1) is 11.8 Å². The van der Waals surface area contributed by atoms with Crippen LogP contribution in [-0.4, -0.2) is 34.9 Å². The summed E-state index contributed by atoms with van der Waals surface area (Å²) in [7, 11) is 0. The number of dihydropyridines is 1. The second-order valence-corrected chi connectivity index (χ2v) is 10.8.